The molecule has 0 aliphatic carbocycles. The second-order valence-corrected chi connectivity index (χ2v) is 12.8. The Labute approximate surface area is 238 Å². The van der Waals surface area contributed by atoms with Gasteiger partial charge in [0.1, 0.15) is 18.2 Å². The van der Waals surface area contributed by atoms with E-state index in [-0.39, 0.29) is 11.4 Å². The average molecular weight is 560 g/mol. The number of benzene rings is 3. The van der Waals surface area contributed by atoms with Crippen LogP contribution in [0.3, 0.4) is 0 Å². The van der Waals surface area contributed by atoms with Crippen molar-refractivity contribution in [3.8, 4) is 11.4 Å². The molecule has 0 unspecified atom stereocenters. The van der Waals surface area contributed by atoms with Crippen LogP contribution in [0.4, 0.5) is 16.3 Å². The number of nitrogens with zero attached hydrogens (tertiary/aromatic N) is 3. The first-order valence-electron chi connectivity index (χ1n) is 13.7. The van der Waals surface area contributed by atoms with Crippen molar-refractivity contribution >= 4 is 39.1 Å². The van der Waals surface area contributed by atoms with Gasteiger partial charge in [-0.3, -0.25) is 14.4 Å². The van der Waals surface area contributed by atoms with E-state index in [0.29, 0.717) is 18.1 Å². The number of hydrogen-bond acceptors (Lipinski definition) is 5. The monoisotopic (exact) mass is 559 g/mol. The highest BCUT2D eigenvalue weighted by molar-refractivity contribution is 7.85. The number of carbonyl (C=O) groups excluding carboxylic acids is 1. The lowest BCUT2D eigenvalue weighted by molar-refractivity contribution is 0.222. The first kappa shape index (κ1) is 27.9. The average Bonchev–Trinajstić information content (AvgIpc) is 3.35. The minimum atomic E-state index is -0.684. The third-order valence-corrected chi connectivity index (χ3v) is 8.41. The van der Waals surface area contributed by atoms with Crippen molar-refractivity contribution in [1.29, 1.82) is 0 Å². The third-order valence-electron chi connectivity index (χ3n) is 7.13. The van der Waals surface area contributed by atoms with Crippen molar-refractivity contribution < 1.29 is 13.7 Å². The molecule has 3 aromatic carbocycles. The molecule has 1 fully saturated rings. The molecule has 2 N–H and O–H groups in total. The first-order valence-corrected chi connectivity index (χ1v) is 15.1. The predicted molar refractivity (Wildman–Crippen MR) is 163 cm³/mol. The van der Waals surface area contributed by atoms with Crippen molar-refractivity contribution in [3.63, 3.8) is 0 Å². The van der Waals surface area contributed by atoms with Crippen LogP contribution in [0.1, 0.15) is 32.0 Å². The molecule has 2 amide bonds. The molecule has 0 saturated carbocycles. The first-order chi connectivity index (χ1) is 19.2. The van der Waals surface area contributed by atoms with Gasteiger partial charge in [0.2, 0.25) is 0 Å². The zero-order valence-corrected chi connectivity index (χ0v) is 24.4. The topological polar surface area (TPSA) is 88.5 Å². The van der Waals surface area contributed by atoms with E-state index in [1.165, 1.54) is 0 Å². The molecule has 1 aromatic heterocycles. The lowest BCUT2D eigenvalue weighted by Gasteiger charge is -2.26. The van der Waals surface area contributed by atoms with Crippen LogP contribution in [-0.4, -0.2) is 62.7 Å². The van der Waals surface area contributed by atoms with Gasteiger partial charge in [0.05, 0.1) is 17.1 Å². The summed E-state index contributed by atoms with van der Waals surface area (Å²) >= 11 is 0. The maximum Gasteiger partial charge on any atom is 0.324 e. The van der Waals surface area contributed by atoms with Gasteiger partial charge >= 0.3 is 6.03 Å². The zero-order valence-electron chi connectivity index (χ0n) is 23.6. The summed E-state index contributed by atoms with van der Waals surface area (Å²) in [7, 11) is -0.684. The molecule has 1 saturated heterocycles. The fourth-order valence-corrected chi connectivity index (χ4v) is 5.91. The standard InChI is InChI=1S/C31H37N5O3S/c1-22-9-5-8-12-26(22)36-29(21-28(34-36)31(2,3)4)33-30(37)32-25-13-14-27(24-11-7-6-10-23(24)25)39-18-15-35-16-19-40(38)20-17-35/h5-14,21H,15-20H2,1-4H3,(H2,32,33,37). The highest BCUT2D eigenvalue weighted by atomic mass is 32.2. The molecule has 0 atom stereocenters. The van der Waals surface area contributed by atoms with Crippen LogP contribution in [0.5, 0.6) is 5.75 Å². The second kappa shape index (κ2) is 11.8. The minimum Gasteiger partial charge on any atom is -0.492 e. The van der Waals surface area contributed by atoms with Crippen molar-refractivity contribution in [2.75, 3.05) is 48.4 Å². The Hall–Kier alpha value is -3.69. The molecule has 4 aromatic rings. The highest BCUT2D eigenvalue weighted by Crippen LogP contribution is 2.32. The summed E-state index contributed by atoms with van der Waals surface area (Å²) in [6.45, 7) is 11.4. The smallest absolute Gasteiger partial charge is 0.324 e. The summed E-state index contributed by atoms with van der Waals surface area (Å²) < 4.78 is 19.6. The van der Waals surface area contributed by atoms with Crippen LogP contribution in [-0.2, 0) is 16.2 Å². The molecule has 210 valence electrons. The maximum atomic E-state index is 13.3. The molecule has 5 rings (SSSR count). The molecular weight excluding hydrogens is 522 g/mol. The van der Waals surface area contributed by atoms with Crippen molar-refractivity contribution in [1.82, 2.24) is 14.7 Å². The van der Waals surface area contributed by atoms with E-state index in [2.05, 4.69) is 36.3 Å². The lowest BCUT2D eigenvalue weighted by Crippen LogP contribution is -2.39. The van der Waals surface area contributed by atoms with E-state index >= 15 is 0 Å². The Bertz CT molecular complexity index is 1530. The van der Waals surface area contributed by atoms with Gasteiger partial charge in [-0.2, -0.15) is 5.10 Å². The summed E-state index contributed by atoms with van der Waals surface area (Å²) in [4.78, 5) is 15.6. The Morgan fingerprint density at radius 1 is 0.975 bits per heavy atom. The number of carbonyl (C=O) groups is 1. The predicted octanol–water partition coefficient (Wildman–Crippen LogP) is 5.72. The molecule has 2 heterocycles. The number of amides is 2. The van der Waals surface area contributed by atoms with E-state index in [9.17, 15) is 9.00 Å². The number of para-hydroxylation sites is 1. The van der Waals surface area contributed by atoms with Crippen molar-refractivity contribution in [2.24, 2.45) is 0 Å². The molecule has 0 radical (unpaired) electrons. The molecule has 9 heteroatoms. The van der Waals surface area contributed by atoms with Gasteiger partial charge in [-0.15, -0.1) is 0 Å². The quantitative estimate of drug-likeness (QED) is 0.302. The third kappa shape index (κ3) is 6.37. The number of nitrogens with one attached hydrogen (secondary N) is 2. The van der Waals surface area contributed by atoms with Crippen LogP contribution in [0.2, 0.25) is 0 Å². The van der Waals surface area contributed by atoms with Crippen LogP contribution in [0, 0.1) is 6.92 Å². The molecule has 8 nitrogen and oxygen atoms in total. The highest BCUT2D eigenvalue weighted by Gasteiger charge is 2.22. The van der Waals surface area contributed by atoms with Gasteiger partial charge in [0.25, 0.3) is 0 Å². The molecule has 0 bridgehead atoms. The van der Waals surface area contributed by atoms with E-state index < -0.39 is 10.8 Å². The number of aromatic nitrogens is 2. The maximum absolute atomic E-state index is 13.3. The largest absolute Gasteiger partial charge is 0.492 e. The summed E-state index contributed by atoms with van der Waals surface area (Å²) in [6.07, 6.45) is 0. The second-order valence-electron chi connectivity index (χ2n) is 11.1. The van der Waals surface area contributed by atoms with Gasteiger partial charge in [0.15, 0.2) is 0 Å². The Morgan fingerprint density at radius 3 is 2.40 bits per heavy atom. The van der Waals surface area contributed by atoms with Crippen LogP contribution < -0.4 is 15.4 Å². The van der Waals surface area contributed by atoms with E-state index in [4.69, 9.17) is 9.84 Å². The normalized spacial score (nSPS) is 14.8. The lowest BCUT2D eigenvalue weighted by atomic mass is 9.92. The number of fused-ring (bicyclic) bond motifs is 1. The number of urea groups is 1. The number of anilines is 2. The van der Waals surface area contributed by atoms with Crippen molar-refractivity contribution in [2.45, 2.75) is 33.1 Å². The van der Waals surface area contributed by atoms with Crippen LogP contribution >= 0.6 is 0 Å². The summed E-state index contributed by atoms with van der Waals surface area (Å²) in [6, 6.07) is 21.2. The van der Waals surface area contributed by atoms with E-state index in [1.54, 1.807) is 4.68 Å². The Balaban J connectivity index is 1.33. The van der Waals surface area contributed by atoms with Crippen LogP contribution in [0.15, 0.2) is 66.7 Å². The number of ether oxygens (including phenoxy) is 1. The summed E-state index contributed by atoms with van der Waals surface area (Å²) in [5.41, 5.74) is 3.37. The SMILES string of the molecule is Cc1ccccc1-n1nc(C(C)(C)C)cc1NC(=O)Nc1ccc(OCCN2CCS(=O)CC2)c2ccccc12. The van der Waals surface area contributed by atoms with E-state index in [1.807, 2.05) is 73.7 Å². The van der Waals surface area contributed by atoms with Gasteiger partial charge in [-0.25, -0.2) is 9.48 Å². The van der Waals surface area contributed by atoms with Crippen LogP contribution in [0.25, 0.3) is 16.5 Å². The summed E-state index contributed by atoms with van der Waals surface area (Å²) in [5.74, 6) is 2.83. The fraction of sp³-hybridized carbons (Fsp3) is 0.355. The molecule has 1 aliphatic rings. The fourth-order valence-electron chi connectivity index (χ4n) is 4.78. The van der Waals surface area contributed by atoms with Gasteiger partial charge < -0.3 is 10.1 Å². The minimum absolute atomic E-state index is 0.181. The molecule has 0 spiro atoms. The summed E-state index contributed by atoms with van der Waals surface area (Å²) in [5, 5.41) is 12.7. The van der Waals surface area contributed by atoms with Gasteiger partial charge in [0, 0.05) is 64.2 Å². The Kier molecular flexibility index (Phi) is 8.23. The number of aryl methyl sites for hydroxylation is 1. The molecular formula is C31H37N5O3S. The van der Waals surface area contributed by atoms with Gasteiger partial charge in [-0.1, -0.05) is 63.2 Å². The Morgan fingerprint density at radius 2 is 1.68 bits per heavy atom. The number of hydrogen-bond donors (Lipinski definition) is 2. The van der Waals surface area contributed by atoms with E-state index in [0.717, 1.165) is 64.6 Å². The molecule has 40 heavy (non-hydrogen) atoms. The van der Waals surface area contributed by atoms with Gasteiger partial charge in [-0.05, 0) is 30.7 Å². The number of rotatable bonds is 7. The van der Waals surface area contributed by atoms with Crippen molar-refractivity contribution in [3.05, 3.63) is 78.0 Å². The molecule has 1 aliphatic heterocycles. The zero-order chi connectivity index (χ0) is 28.3.